The maximum Gasteiger partial charge on any atom is 0.0998 e. The second-order valence-electron chi connectivity index (χ2n) is 3.05. The highest BCUT2D eigenvalue weighted by molar-refractivity contribution is 8.00. The Balaban J connectivity index is 2.43. The van der Waals surface area contributed by atoms with Crippen LogP contribution in [0.4, 0.5) is 0 Å². The van der Waals surface area contributed by atoms with Crippen LogP contribution in [0.5, 0.6) is 0 Å². The van der Waals surface area contributed by atoms with E-state index in [9.17, 15) is 0 Å². The van der Waals surface area contributed by atoms with E-state index in [2.05, 4.69) is 24.0 Å². The van der Waals surface area contributed by atoms with E-state index >= 15 is 0 Å². The van der Waals surface area contributed by atoms with E-state index in [1.807, 2.05) is 18.7 Å². The third kappa shape index (κ3) is 1.27. The van der Waals surface area contributed by atoms with Gasteiger partial charge in [0.2, 0.25) is 0 Å². The van der Waals surface area contributed by atoms with Crippen LogP contribution in [0.25, 0.3) is 0 Å². The Morgan fingerprint density at radius 2 is 2.36 bits per heavy atom. The molecular weight excluding hydrogens is 154 g/mol. The second-order valence-corrected chi connectivity index (χ2v) is 4.48. The fraction of sp³-hybridized carbons (Fsp3) is 0.444. The largest absolute Gasteiger partial charge is 0.247 e. The molecular formula is C9H11NS. The summed E-state index contributed by atoms with van der Waals surface area (Å²) in [6, 6.07) is 4.30. The third-order valence-corrected chi connectivity index (χ3v) is 3.04. The van der Waals surface area contributed by atoms with Gasteiger partial charge >= 0.3 is 0 Å². The molecule has 0 amide bonds. The van der Waals surface area contributed by atoms with Crippen molar-refractivity contribution in [3.8, 4) is 0 Å². The van der Waals surface area contributed by atoms with Crippen LogP contribution in [0.15, 0.2) is 17.2 Å². The van der Waals surface area contributed by atoms with Crippen LogP contribution in [0.1, 0.15) is 18.2 Å². The molecule has 0 bridgehead atoms. The molecule has 1 unspecified atom stereocenters. The lowest BCUT2D eigenvalue weighted by Crippen LogP contribution is -1.90. The summed E-state index contributed by atoms with van der Waals surface area (Å²) >= 11 is 1.89. The first-order valence-electron chi connectivity index (χ1n) is 3.89. The zero-order valence-electron chi connectivity index (χ0n) is 6.79. The molecule has 0 aromatic carbocycles. The van der Waals surface area contributed by atoms with Gasteiger partial charge in [0, 0.05) is 10.9 Å². The van der Waals surface area contributed by atoms with Crippen LogP contribution in [-0.2, 0) is 6.42 Å². The fourth-order valence-corrected chi connectivity index (χ4v) is 2.50. The van der Waals surface area contributed by atoms with E-state index in [1.165, 1.54) is 17.0 Å². The Hall–Kier alpha value is -0.500. The average Bonchev–Trinajstić information content (AvgIpc) is 2.27. The third-order valence-electron chi connectivity index (χ3n) is 1.90. The summed E-state index contributed by atoms with van der Waals surface area (Å²) in [5, 5.41) is 1.97. The van der Waals surface area contributed by atoms with Gasteiger partial charge in [-0.3, -0.25) is 0 Å². The Kier molecular flexibility index (Phi) is 1.64. The first kappa shape index (κ1) is 7.17. The van der Waals surface area contributed by atoms with E-state index < -0.39 is 0 Å². The molecule has 1 aromatic rings. The zero-order valence-corrected chi connectivity index (χ0v) is 7.61. The molecule has 0 spiro atoms. The molecule has 0 aliphatic carbocycles. The Labute approximate surface area is 71.2 Å². The van der Waals surface area contributed by atoms with E-state index in [0.717, 1.165) is 10.9 Å². The molecule has 11 heavy (non-hydrogen) atoms. The lowest BCUT2D eigenvalue weighted by atomic mass is 10.2. The SMILES string of the molecule is Cc1ccc2c(n1)SC(C)C2. The minimum Gasteiger partial charge on any atom is -0.247 e. The summed E-state index contributed by atoms with van der Waals surface area (Å²) in [6.07, 6.45) is 1.19. The quantitative estimate of drug-likeness (QED) is 0.585. The number of hydrogen-bond acceptors (Lipinski definition) is 2. The number of aromatic nitrogens is 1. The van der Waals surface area contributed by atoms with Crippen molar-refractivity contribution in [3.05, 3.63) is 23.4 Å². The summed E-state index contributed by atoms with van der Waals surface area (Å²) in [5.41, 5.74) is 2.55. The average molecular weight is 165 g/mol. The molecule has 58 valence electrons. The highest BCUT2D eigenvalue weighted by Gasteiger charge is 2.18. The molecule has 0 saturated heterocycles. The lowest BCUT2D eigenvalue weighted by Gasteiger charge is -1.96. The summed E-state index contributed by atoms with van der Waals surface area (Å²) in [5.74, 6) is 0. The normalized spacial score (nSPS) is 21.8. The van der Waals surface area contributed by atoms with E-state index in [1.54, 1.807) is 0 Å². The zero-order chi connectivity index (χ0) is 7.84. The highest BCUT2D eigenvalue weighted by atomic mass is 32.2. The highest BCUT2D eigenvalue weighted by Crippen LogP contribution is 2.34. The smallest absolute Gasteiger partial charge is 0.0998 e. The monoisotopic (exact) mass is 165 g/mol. The summed E-state index contributed by atoms with van der Waals surface area (Å²) in [4.78, 5) is 4.47. The summed E-state index contributed by atoms with van der Waals surface area (Å²) in [7, 11) is 0. The van der Waals surface area contributed by atoms with Gasteiger partial charge in [0.25, 0.3) is 0 Å². The molecule has 0 radical (unpaired) electrons. The lowest BCUT2D eigenvalue weighted by molar-refractivity contribution is 0.934. The van der Waals surface area contributed by atoms with Crippen molar-refractivity contribution in [1.29, 1.82) is 0 Å². The number of thioether (sulfide) groups is 1. The van der Waals surface area contributed by atoms with E-state index in [-0.39, 0.29) is 0 Å². The fourth-order valence-electron chi connectivity index (χ4n) is 1.36. The van der Waals surface area contributed by atoms with Crippen LogP contribution in [0.3, 0.4) is 0 Å². The minimum absolute atomic E-state index is 0.722. The maximum atomic E-state index is 4.47. The van der Waals surface area contributed by atoms with E-state index in [0.29, 0.717) is 0 Å². The summed E-state index contributed by atoms with van der Waals surface area (Å²) in [6.45, 7) is 4.30. The van der Waals surface area contributed by atoms with Gasteiger partial charge in [-0.05, 0) is 25.0 Å². The maximum absolute atomic E-state index is 4.47. The Morgan fingerprint density at radius 3 is 3.18 bits per heavy atom. The van der Waals surface area contributed by atoms with Gasteiger partial charge in [0.05, 0.1) is 5.03 Å². The van der Waals surface area contributed by atoms with Gasteiger partial charge in [-0.15, -0.1) is 11.8 Å². The molecule has 1 aliphatic rings. The number of rotatable bonds is 0. The molecule has 1 atom stereocenters. The van der Waals surface area contributed by atoms with Crippen LogP contribution in [-0.4, -0.2) is 10.2 Å². The van der Waals surface area contributed by atoms with Crippen molar-refractivity contribution in [1.82, 2.24) is 4.98 Å². The van der Waals surface area contributed by atoms with Crippen LogP contribution in [0, 0.1) is 6.92 Å². The van der Waals surface area contributed by atoms with Crippen molar-refractivity contribution in [2.24, 2.45) is 0 Å². The Morgan fingerprint density at radius 1 is 1.55 bits per heavy atom. The molecule has 2 rings (SSSR count). The number of nitrogens with zero attached hydrogens (tertiary/aromatic N) is 1. The molecule has 2 heteroatoms. The van der Waals surface area contributed by atoms with Crippen LogP contribution >= 0.6 is 11.8 Å². The molecule has 1 nitrogen and oxygen atoms in total. The van der Waals surface area contributed by atoms with Crippen molar-refractivity contribution < 1.29 is 0 Å². The minimum atomic E-state index is 0.722. The van der Waals surface area contributed by atoms with Gasteiger partial charge in [0.1, 0.15) is 0 Å². The van der Waals surface area contributed by atoms with Gasteiger partial charge in [-0.1, -0.05) is 13.0 Å². The van der Waals surface area contributed by atoms with Crippen molar-refractivity contribution in [2.45, 2.75) is 30.5 Å². The standard InChI is InChI=1S/C9H11NS/c1-6-3-4-8-5-7(2)11-9(8)10-6/h3-4,7H,5H2,1-2H3. The first-order chi connectivity index (χ1) is 5.25. The van der Waals surface area contributed by atoms with Gasteiger partial charge < -0.3 is 0 Å². The Bertz CT molecular complexity index is 283. The van der Waals surface area contributed by atoms with Crippen molar-refractivity contribution in [3.63, 3.8) is 0 Å². The second kappa shape index (κ2) is 2.52. The van der Waals surface area contributed by atoms with Crippen molar-refractivity contribution in [2.75, 3.05) is 0 Å². The molecule has 2 heterocycles. The van der Waals surface area contributed by atoms with E-state index in [4.69, 9.17) is 0 Å². The molecule has 0 N–H and O–H groups in total. The molecule has 0 fully saturated rings. The number of fused-ring (bicyclic) bond motifs is 1. The molecule has 1 aliphatic heterocycles. The summed E-state index contributed by atoms with van der Waals surface area (Å²) < 4.78 is 0. The topological polar surface area (TPSA) is 12.9 Å². The first-order valence-corrected chi connectivity index (χ1v) is 4.77. The van der Waals surface area contributed by atoms with Crippen LogP contribution in [0.2, 0.25) is 0 Å². The number of hydrogen-bond donors (Lipinski definition) is 0. The van der Waals surface area contributed by atoms with Crippen molar-refractivity contribution >= 4 is 11.8 Å². The van der Waals surface area contributed by atoms with Gasteiger partial charge in [-0.25, -0.2) is 4.98 Å². The predicted octanol–water partition coefficient (Wildman–Crippen LogP) is 2.43. The van der Waals surface area contributed by atoms with Crippen LogP contribution < -0.4 is 0 Å². The van der Waals surface area contributed by atoms with Gasteiger partial charge in [-0.2, -0.15) is 0 Å². The number of pyridine rings is 1. The predicted molar refractivity (Wildman–Crippen MR) is 48.0 cm³/mol. The van der Waals surface area contributed by atoms with Gasteiger partial charge in [0.15, 0.2) is 0 Å². The molecule has 1 aromatic heterocycles. The number of aryl methyl sites for hydroxylation is 1. The molecule has 0 saturated carbocycles.